The molecule has 2 aromatic rings. The normalized spacial score (nSPS) is 10.5. The van der Waals surface area contributed by atoms with Crippen LogP contribution in [0.1, 0.15) is 10.6 Å². The molecule has 0 aromatic carbocycles. The lowest BCUT2D eigenvalue weighted by Gasteiger charge is -2.17. The van der Waals surface area contributed by atoms with Crippen LogP contribution in [-0.2, 0) is 11.3 Å². The molecular weight excluding hydrogens is 288 g/mol. The Labute approximate surface area is 119 Å². The number of hydrogen-bond acceptors (Lipinski definition) is 5. The van der Waals surface area contributed by atoms with Crippen molar-refractivity contribution in [2.75, 3.05) is 17.9 Å². The van der Waals surface area contributed by atoms with E-state index in [1.165, 1.54) is 16.2 Å². The summed E-state index contributed by atoms with van der Waals surface area (Å²) in [6.45, 7) is 2.17. The van der Waals surface area contributed by atoms with Gasteiger partial charge in [-0.3, -0.25) is 9.69 Å². The summed E-state index contributed by atoms with van der Waals surface area (Å²) in [6.07, 6.45) is 0. The Morgan fingerprint density at radius 1 is 1.58 bits per heavy atom. The first-order valence-corrected chi connectivity index (χ1v) is 6.96. The van der Waals surface area contributed by atoms with E-state index < -0.39 is 0 Å². The molecule has 102 valence electrons. The van der Waals surface area contributed by atoms with Crippen LogP contribution in [0.15, 0.2) is 22.0 Å². The second-order valence-electron chi connectivity index (χ2n) is 3.86. The first-order chi connectivity index (χ1) is 9.13. The lowest BCUT2D eigenvalue weighted by atomic mass is 10.3. The van der Waals surface area contributed by atoms with Gasteiger partial charge in [-0.25, -0.2) is 0 Å². The van der Waals surface area contributed by atoms with Crippen molar-refractivity contribution in [2.45, 2.75) is 13.5 Å². The van der Waals surface area contributed by atoms with E-state index in [1.54, 1.807) is 20.1 Å². The van der Waals surface area contributed by atoms with Crippen LogP contribution in [0.3, 0.4) is 0 Å². The van der Waals surface area contributed by atoms with E-state index in [-0.39, 0.29) is 11.8 Å². The van der Waals surface area contributed by atoms with Gasteiger partial charge in [0.05, 0.1) is 13.7 Å². The summed E-state index contributed by atoms with van der Waals surface area (Å²) in [6, 6.07) is 3.58. The fourth-order valence-electron chi connectivity index (χ4n) is 1.56. The zero-order valence-electron chi connectivity index (χ0n) is 10.6. The first-order valence-electron chi connectivity index (χ1n) is 5.55. The van der Waals surface area contributed by atoms with Crippen LogP contribution >= 0.6 is 22.9 Å². The molecule has 0 aliphatic rings. The number of anilines is 1. The van der Waals surface area contributed by atoms with Crippen LogP contribution in [0, 0.1) is 6.92 Å². The third-order valence-electron chi connectivity index (χ3n) is 2.49. The lowest BCUT2D eigenvalue weighted by molar-refractivity contribution is -0.116. The van der Waals surface area contributed by atoms with Gasteiger partial charge in [0.2, 0.25) is 5.91 Å². The SMILES string of the molecule is COc1csc(CN(C(=O)CCl)c2cc(C)on2)c1. The monoisotopic (exact) mass is 300 g/mol. The van der Waals surface area contributed by atoms with Gasteiger partial charge in [-0.1, -0.05) is 5.16 Å². The molecule has 19 heavy (non-hydrogen) atoms. The van der Waals surface area contributed by atoms with Crippen molar-refractivity contribution >= 4 is 34.7 Å². The maximum atomic E-state index is 11.9. The van der Waals surface area contributed by atoms with Gasteiger partial charge in [-0.15, -0.1) is 22.9 Å². The summed E-state index contributed by atoms with van der Waals surface area (Å²) in [5, 5.41) is 5.73. The smallest absolute Gasteiger partial charge is 0.243 e. The topological polar surface area (TPSA) is 55.6 Å². The molecule has 5 nitrogen and oxygen atoms in total. The fraction of sp³-hybridized carbons (Fsp3) is 0.333. The summed E-state index contributed by atoms with van der Waals surface area (Å²) in [7, 11) is 1.61. The summed E-state index contributed by atoms with van der Waals surface area (Å²) in [5.74, 6) is 1.56. The molecule has 0 unspecified atom stereocenters. The van der Waals surface area contributed by atoms with Crippen LogP contribution in [0.25, 0.3) is 0 Å². The zero-order chi connectivity index (χ0) is 13.8. The van der Waals surface area contributed by atoms with E-state index in [1.807, 2.05) is 11.4 Å². The molecule has 0 radical (unpaired) electrons. The van der Waals surface area contributed by atoms with Crippen molar-refractivity contribution in [2.24, 2.45) is 0 Å². The molecule has 0 spiro atoms. The molecule has 2 rings (SSSR count). The number of alkyl halides is 1. The van der Waals surface area contributed by atoms with Gasteiger partial charge < -0.3 is 9.26 Å². The number of hydrogen-bond donors (Lipinski definition) is 0. The van der Waals surface area contributed by atoms with Crippen molar-refractivity contribution in [3.8, 4) is 5.75 Å². The van der Waals surface area contributed by atoms with Crippen LogP contribution in [0.2, 0.25) is 0 Å². The number of aryl methyl sites for hydroxylation is 1. The van der Waals surface area contributed by atoms with E-state index in [0.29, 0.717) is 18.1 Å². The number of thiophene rings is 1. The molecule has 7 heteroatoms. The van der Waals surface area contributed by atoms with Crippen LogP contribution in [0.5, 0.6) is 5.75 Å². The van der Waals surface area contributed by atoms with Crippen molar-refractivity contribution in [1.82, 2.24) is 5.16 Å². The number of methoxy groups -OCH3 is 1. The van der Waals surface area contributed by atoms with Gasteiger partial charge in [0.25, 0.3) is 0 Å². The molecule has 2 aromatic heterocycles. The second-order valence-corrected chi connectivity index (χ2v) is 5.13. The molecule has 0 aliphatic carbocycles. The largest absolute Gasteiger partial charge is 0.496 e. The minimum Gasteiger partial charge on any atom is -0.496 e. The number of rotatable bonds is 5. The molecule has 0 atom stereocenters. The summed E-state index contributed by atoms with van der Waals surface area (Å²) in [5.41, 5.74) is 0. The fourth-order valence-corrected chi connectivity index (χ4v) is 2.52. The third kappa shape index (κ3) is 3.27. The van der Waals surface area contributed by atoms with Crippen molar-refractivity contribution < 1.29 is 14.1 Å². The molecule has 2 heterocycles. The second kappa shape index (κ2) is 6.08. The lowest BCUT2D eigenvalue weighted by Crippen LogP contribution is -2.31. The van der Waals surface area contributed by atoms with Crippen LogP contribution in [0.4, 0.5) is 5.82 Å². The maximum Gasteiger partial charge on any atom is 0.243 e. The summed E-state index contributed by atoms with van der Waals surface area (Å²) < 4.78 is 10.1. The number of carbonyl (C=O) groups excluding carboxylic acids is 1. The number of amides is 1. The summed E-state index contributed by atoms with van der Waals surface area (Å²) in [4.78, 5) is 14.4. The quantitative estimate of drug-likeness (QED) is 0.797. The standard InChI is InChI=1S/C12H13ClN2O3S/c1-8-3-11(14-18-8)15(12(16)5-13)6-10-4-9(17-2)7-19-10/h3-4,7H,5-6H2,1-2H3. The Balaban J connectivity index is 2.21. The van der Waals surface area contributed by atoms with E-state index in [2.05, 4.69) is 5.16 Å². The molecule has 0 N–H and O–H groups in total. The number of nitrogens with zero attached hydrogens (tertiary/aromatic N) is 2. The van der Waals surface area contributed by atoms with Crippen molar-refractivity contribution in [1.29, 1.82) is 0 Å². The highest BCUT2D eigenvalue weighted by molar-refractivity contribution is 7.10. The van der Waals surface area contributed by atoms with Gasteiger partial charge in [-0.05, 0) is 13.0 Å². The van der Waals surface area contributed by atoms with E-state index in [4.69, 9.17) is 20.9 Å². The van der Waals surface area contributed by atoms with E-state index in [0.717, 1.165) is 10.6 Å². The Morgan fingerprint density at radius 3 is 2.89 bits per heavy atom. The highest BCUT2D eigenvalue weighted by atomic mass is 35.5. The Morgan fingerprint density at radius 2 is 2.37 bits per heavy atom. The van der Waals surface area contributed by atoms with Gasteiger partial charge in [0.15, 0.2) is 5.82 Å². The maximum absolute atomic E-state index is 11.9. The van der Waals surface area contributed by atoms with Gasteiger partial charge in [0.1, 0.15) is 17.4 Å². The molecule has 0 bridgehead atoms. The molecule has 0 saturated heterocycles. The average Bonchev–Trinajstić information content (AvgIpc) is 3.03. The minimum atomic E-state index is -0.220. The summed E-state index contributed by atoms with van der Waals surface area (Å²) >= 11 is 7.14. The van der Waals surface area contributed by atoms with E-state index in [9.17, 15) is 4.79 Å². The molecule has 0 fully saturated rings. The Kier molecular flexibility index (Phi) is 4.44. The van der Waals surface area contributed by atoms with Crippen LogP contribution in [-0.4, -0.2) is 24.1 Å². The number of carbonyl (C=O) groups is 1. The third-order valence-corrected chi connectivity index (χ3v) is 3.62. The van der Waals surface area contributed by atoms with E-state index >= 15 is 0 Å². The average molecular weight is 301 g/mol. The minimum absolute atomic E-state index is 0.103. The molecular formula is C12H13ClN2O3S. The molecule has 0 saturated carbocycles. The van der Waals surface area contributed by atoms with Crippen molar-refractivity contribution in [3.05, 3.63) is 28.2 Å². The predicted octanol–water partition coefficient (Wildman–Crippen LogP) is 2.83. The highest BCUT2D eigenvalue weighted by Gasteiger charge is 2.19. The number of halogens is 1. The number of aromatic nitrogens is 1. The first kappa shape index (κ1) is 13.9. The number of ether oxygens (including phenoxy) is 1. The zero-order valence-corrected chi connectivity index (χ0v) is 12.1. The predicted molar refractivity (Wildman–Crippen MR) is 74.0 cm³/mol. The Bertz CT molecular complexity index is 567. The van der Waals surface area contributed by atoms with Gasteiger partial charge in [-0.2, -0.15) is 0 Å². The van der Waals surface area contributed by atoms with Crippen molar-refractivity contribution in [3.63, 3.8) is 0 Å². The van der Waals surface area contributed by atoms with Gasteiger partial charge >= 0.3 is 0 Å². The molecule has 1 amide bonds. The Hall–Kier alpha value is -1.53. The highest BCUT2D eigenvalue weighted by Crippen LogP contribution is 2.25. The van der Waals surface area contributed by atoms with Crippen LogP contribution < -0.4 is 9.64 Å². The molecule has 0 aliphatic heterocycles. The van der Waals surface area contributed by atoms with Gasteiger partial charge in [0, 0.05) is 16.3 Å².